The first-order valence-corrected chi connectivity index (χ1v) is 9.48. The molecule has 2 aliphatic rings. The zero-order valence-electron chi connectivity index (χ0n) is 15.0. The Balaban J connectivity index is 1.61. The van der Waals surface area contributed by atoms with Crippen LogP contribution in [0.4, 0.5) is 0 Å². The van der Waals surface area contributed by atoms with Gasteiger partial charge in [0.2, 0.25) is 0 Å². The molecule has 1 saturated carbocycles. The fourth-order valence-corrected chi connectivity index (χ4v) is 4.24. The van der Waals surface area contributed by atoms with Crippen molar-refractivity contribution in [3.05, 3.63) is 53.1 Å². The summed E-state index contributed by atoms with van der Waals surface area (Å²) in [5.41, 5.74) is 2.86. The molecule has 0 radical (unpaired) electrons. The largest absolute Gasteiger partial charge is 0.508 e. The molecule has 0 saturated heterocycles. The van der Waals surface area contributed by atoms with Gasteiger partial charge in [0.15, 0.2) is 0 Å². The van der Waals surface area contributed by atoms with Crippen molar-refractivity contribution in [2.75, 3.05) is 6.61 Å². The average molecular weight is 352 g/mol. The highest BCUT2D eigenvalue weighted by Crippen LogP contribution is 2.58. The van der Waals surface area contributed by atoms with Gasteiger partial charge < -0.3 is 14.6 Å². The van der Waals surface area contributed by atoms with E-state index in [0.717, 1.165) is 38.0 Å². The first-order chi connectivity index (χ1) is 12.7. The molecule has 1 fully saturated rings. The van der Waals surface area contributed by atoms with Crippen LogP contribution in [0.2, 0.25) is 0 Å². The molecule has 2 aromatic rings. The minimum absolute atomic E-state index is 0.133. The van der Waals surface area contributed by atoms with Gasteiger partial charge in [-0.3, -0.25) is 0 Å². The fraction of sp³-hybridized carbons (Fsp3) is 0.409. The second kappa shape index (κ2) is 7.02. The lowest BCUT2D eigenvalue weighted by atomic mass is 9.90. The van der Waals surface area contributed by atoms with Crippen LogP contribution in [-0.4, -0.2) is 17.7 Å². The topological polar surface area (TPSA) is 55.8 Å². The monoisotopic (exact) mass is 352 g/mol. The number of unbranched alkanes of at least 4 members (excludes halogenated alkanes) is 1. The summed E-state index contributed by atoms with van der Waals surface area (Å²) in [6.07, 6.45) is 5.63. The van der Waals surface area contributed by atoms with E-state index in [1.165, 1.54) is 29.7 Å². The van der Waals surface area contributed by atoms with Gasteiger partial charge in [-0.25, -0.2) is 4.79 Å². The maximum Gasteiger partial charge on any atom is 0.343 e. The van der Waals surface area contributed by atoms with E-state index in [1.54, 1.807) is 12.1 Å². The van der Waals surface area contributed by atoms with Crippen molar-refractivity contribution in [1.82, 2.24) is 0 Å². The molecule has 2 aromatic carbocycles. The number of hydrogen-bond donors (Lipinski definition) is 1. The number of carbonyl (C=O) groups is 1. The first-order valence-electron chi connectivity index (χ1n) is 9.48. The smallest absolute Gasteiger partial charge is 0.343 e. The Kier molecular flexibility index (Phi) is 4.58. The SMILES string of the molecule is CCCCOc1ccc(OC(=O)c2ccc(O)cc2)c2c1C1CCC2C1. The quantitative estimate of drug-likeness (QED) is 0.443. The molecule has 0 spiro atoms. The van der Waals surface area contributed by atoms with Crippen LogP contribution in [0.5, 0.6) is 17.2 Å². The van der Waals surface area contributed by atoms with Gasteiger partial charge in [-0.2, -0.15) is 0 Å². The van der Waals surface area contributed by atoms with E-state index < -0.39 is 5.97 Å². The molecule has 2 atom stereocenters. The predicted molar refractivity (Wildman–Crippen MR) is 99.2 cm³/mol. The third kappa shape index (κ3) is 3.05. The highest BCUT2D eigenvalue weighted by molar-refractivity contribution is 5.91. The predicted octanol–water partition coefficient (Wildman–Crippen LogP) is 5.16. The van der Waals surface area contributed by atoms with Crippen molar-refractivity contribution in [2.45, 2.75) is 50.9 Å². The third-order valence-electron chi connectivity index (χ3n) is 5.52. The number of ether oxygens (including phenoxy) is 2. The van der Waals surface area contributed by atoms with Crippen LogP contribution in [-0.2, 0) is 0 Å². The molecule has 4 nitrogen and oxygen atoms in total. The zero-order chi connectivity index (χ0) is 18.1. The van der Waals surface area contributed by atoms with E-state index in [0.29, 0.717) is 23.1 Å². The van der Waals surface area contributed by atoms with Crippen LogP contribution in [0, 0.1) is 0 Å². The number of esters is 1. The molecule has 4 heteroatoms. The summed E-state index contributed by atoms with van der Waals surface area (Å²) in [6, 6.07) is 9.97. The minimum Gasteiger partial charge on any atom is -0.508 e. The zero-order valence-corrected chi connectivity index (χ0v) is 15.0. The number of carbonyl (C=O) groups excluding carboxylic acids is 1. The summed E-state index contributed by atoms with van der Waals surface area (Å²) in [7, 11) is 0. The Morgan fingerprint density at radius 3 is 2.38 bits per heavy atom. The molecular weight excluding hydrogens is 328 g/mol. The van der Waals surface area contributed by atoms with E-state index >= 15 is 0 Å². The van der Waals surface area contributed by atoms with E-state index in [1.807, 2.05) is 12.1 Å². The molecule has 1 N–H and O–H groups in total. The molecule has 2 bridgehead atoms. The van der Waals surface area contributed by atoms with E-state index in [-0.39, 0.29) is 5.75 Å². The third-order valence-corrected chi connectivity index (χ3v) is 5.52. The van der Waals surface area contributed by atoms with Crippen molar-refractivity contribution >= 4 is 5.97 Å². The van der Waals surface area contributed by atoms with Crippen LogP contribution >= 0.6 is 0 Å². The number of fused-ring (bicyclic) bond motifs is 5. The van der Waals surface area contributed by atoms with Crippen molar-refractivity contribution in [1.29, 1.82) is 0 Å². The van der Waals surface area contributed by atoms with Crippen LogP contribution in [0.15, 0.2) is 36.4 Å². The number of phenolic OH excluding ortho intramolecular Hbond substituents is 1. The Bertz CT molecular complexity index is 810. The van der Waals surface area contributed by atoms with Crippen LogP contribution in [0.25, 0.3) is 0 Å². The first kappa shape index (κ1) is 17.0. The second-order valence-corrected chi connectivity index (χ2v) is 7.23. The highest BCUT2D eigenvalue weighted by Gasteiger charge is 2.41. The molecule has 0 aliphatic heterocycles. The van der Waals surface area contributed by atoms with E-state index in [4.69, 9.17) is 9.47 Å². The summed E-state index contributed by atoms with van der Waals surface area (Å²) in [6.45, 7) is 2.88. The molecule has 0 aromatic heterocycles. The minimum atomic E-state index is -0.394. The summed E-state index contributed by atoms with van der Waals surface area (Å²) in [4.78, 5) is 12.5. The maximum absolute atomic E-state index is 12.5. The Morgan fingerprint density at radius 2 is 1.69 bits per heavy atom. The molecular formula is C22H24O4. The summed E-state index contributed by atoms with van der Waals surface area (Å²) in [5, 5.41) is 9.38. The van der Waals surface area contributed by atoms with Crippen molar-refractivity contribution in [2.24, 2.45) is 0 Å². The van der Waals surface area contributed by atoms with Crippen LogP contribution in [0.1, 0.15) is 72.3 Å². The highest BCUT2D eigenvalue weighted by atomic mass is 16.5. The van der Waals surface area contributed by atoms with Gasteiger partial charge in [0.1, 0.15) is 17.2 Å². The van der Waals surface area contributed by atoms with E-state index in [9.17, 15) is 9.90 Å². The lowest BCUT2D eigenvalue weighted by molar-refractivity contribution is 0.0732. The van der Waals surface area contributed by atoms with Crippen molar-refractivity contribution < 1.29 is 19.4 Å². The molecule has 2 aliphatic carbocycles. The van der Waals surface area contributed by atoms with E-state index in [2.05, 4.69) is 6.92 Å². The second-order valence-electron chi connectivity index (χ2n) is 7.23. The maximum atomic E-state index is 12.5. The normalized spacial score (nSPS) is 20.0. The van der Waals surface area contributed by atoms with Gasteiger partial charge in [0, 0.05) is 11.1 Å². The Morgan fingerprint density at radius 1 is 1.04 bits per heavy atom. The Hall–Kier alpha value is -2.49. The standard InChI is InChI=1S/C22H24O4/c1-2-3-12-25-18-10-11-19(21-16-5-4-15(13-16)20(18)21)26-22(24)14-6-8-17(23)9-7-14/h6-11,15-16,23H,2-5,12-13H2,1H3. The number of hydrogen-bond acceptors (Lipinski definition) is 4. The van der Waals surface area contributed by atoms with Crippen LogP contribution < -0.4 is 9.47 Å². The van der Waals surface area contributed by atoms with Gasteiger partial charge in [-0.1, -0.05) is 13.3 Å². The van der Waals surface area contributed by atoms with Crippen LogP contribution in [0.3, 0.4) is 0 Å². The molecule has 0 amide bonds. The molecule has 2 unspecified atom stereocenters. The number of rotatable bonds is 6. The van der Waals surface area contributed by atoms with Gasteiger partial charge in [-0.05, 0) is 73.9 Å². The number of benzene rings is 2. The molecule has 0 heterocycles. The number of phenols is 1. The molecule has 4 rings (SSSR count). The summed E-state index contributed by atoms with van der Waals surface area (Å²) < 4.78 is 11.8. The lowest BCUT2D eigenvalue weighted by Crippen LogP contribution is -2.12. The molecule has 26 heavy (non-hydrogen) atoms. The Labute approximate surface area is 153 Å². The van der Waals surface area contributed by atoms with Gasteiger partial charge >= 0.3 is 5.97 Å². The molecule has 136 valence electrons. The van der Waals surface area contributed by atoms with Gasteiger partial charge in [-0.15, -0.1) is 0 Å². The average Bonchev–Trinajstić information content (AvgIpc) is 3.26. The summed E-state index contributed by atoms with van der Waals surface area (Å²) in [5.74, 6) is 2.35. The van der Waals surface area contributed by atoms with Gasteiger partial charge in [0.05, 0.1) is 12.2 Å². The van der Waals surface area contributed by atoms with Crippen molar-refractivity contribution in [3.63, 3.8) is 0 Å². The van der Waals surface area contributed by atoms with Gasteiger partial charge in [0.25, 0.3) is 0 Å². The van der Waals surface area contributed by atoms with Crippen molar-refractivity contribution in [3.8, 4) is 17.2 Å². The number of aromatic hydroxyl groups is 1. The lowest BCUT2D eigenvalue weighted by Gasteiger charge is -2.22. The summed E-state index contributed by atoms with van der Waals surface area (Å²) >= 11 is 0. The fourth-order valence-electron chi connectivity index (χ4n) is 4.24.